The Bertz CT molecular complexity index is 503. The fraction of sp³-hybridized carbons (Fsp3) is 0.188. The van der Waals surface area contributed by atoms with Gasteiger partial charge in [0.2, 0.25) is 0 Å². The second-order valence-corrected chi connectivity index (χ2v) is 4.32. The Kier molecular flexibility index (Phi) is 4.13. The summed E-state index contributed by atoms with van der Waals surface area (Å²) in [7, 11) is 0. The van der Waals surface area contributed by atoms with Crippen molar-refractivity contribution in [3.63, 3.8) is 0 Å². The van der Waals surface area contributed by atoms with E-state index in [1.807, 2.05) is 55.5 Å². The Hall–Kier alpha value is -2.09. The van der Waals surface area contributed by atoms with Gasteiger partial charge in [0, 0.05) is 11.4 Å². The lowest BCUT2D eigenvalue weighted by Gasteiger charge is -2.15. The zero-order valence-corrected chi connectivity index (χ0v) is 10.8. The molecule has 0 aliphatic heterocycles. The summed E-state index contributed by atoms with van der Waals surface area (Å²) in [5, 5.41) is 3.43. The number of hydrogen-bond donors (Lipinski definition) is 1. The number of benzene rings is 2. The molecule has 0 heterocycles. The molecule has 1 atom stereocenters. The molecule has 2 aromatic rings. The monoisotopic (exact) mass is 238 g/mol. The maximum Gasteiger partial charge on any atom is 0.0629 e. The van der Waals surface area contributed by atoms with Crippen LogP contribution in [0.3, 0.4) is 0 Å². The van der Waals surface area contributed by atoms with Crippen LogP contribution in [0.25, 0.3) is 0 Å². The van der Waals surface area contributed by atoms with E-state index in [-0.39, 0.29) is 6.04 Å². The summed E-state index contributed by atoms with van der Waals surface area (Å²) in [6.07, 6.45) is 0. The van der Waals surface area contributed by atoms with Crippen molar-refractivity contribution in [2.45, 2.75) is 19.9 Å². The maximum absolute atomic E-state index is 4.61. The van der Waals surface area contributed by atoms with Crippen molar-refractivity contribution in [3.05, 3.63) is 60.7 Å². The largest absolute Gasteiger partial charge is 0.377 e. The zero-order chi connectivity index (χ0) is 12.8. The lowest BCUT2D eigenvalue weighted by molar-refractivity contribution is 1.04. The van der Waals surface area contributed by atoms with Crippen LogP contribution in [0.4, 0.5) is 11.4 Å². The van der Waals surface area contributed by atoms with Crippen molar-refractivity contribution in [2.75, 3.05) is 5.32 Å². The fourth-order valence-electron chi connectivity index (χ4n) is 1.69. The number of nitrogens with one attached hydrogen (secondary N) is 1. The molecule has 0 saturated heterocycles. The van der Waals surface area contributed by atoms with Crippen LogP contribution in [0, 0.1) is 0 Å². The van der Waals surface area contributed by atoms with E-state index in [2.05, 4.69) is 29.4 Å². The van der Waals surface area contributed by atoms with E-state index in [4.69, 9.17) is 0 Å². The van der Waals surface area contributed by atoms with Gasteiger partial charge in [-0.3, -0.25) is 4.99 Å². The second-order valence-electron chi connectivity index (χ2n) is 4.32. The molecule has 0 aliphatic carbocycles. The number of hydrogen-bond acceptors (Lipinski definition) is 2. The van der Waals surface area contributed by atoms with Crippen LogP contribution in [0.1, 0.15) is 13.8 Å². The van der Waals surface area contributed by atoms with Crippen LogP contribution < -0.4 is 5.32 Å². The molecule has 0 aromatic heterocycles. The SMILES string of the molecule is CC(=Nc1ccccc1)C(C)Nc1ccccc1. The van der Waals surface area contributed by atoms with E-state index in [0.29, 0.717) is 0 Å². The lowest BCUT2D eigenvalue weighted by Crippen LogP contribution is -2.23. The molecule has 2 heteroatoms. The topological polar surface area (TPSA) is 24.4 Å². The number of anilines is 1. The Labute approximate surface area is 108 Å². The first kappa shape index (κ1) is 12.4. The molecule has 92 valence electrons. The number of nitrogens with zero attached hydrogens (tertiary/aromatic N) is 1. The van der Waals surface area contributed by atoms with Crippen molar-refractivity contribution < 1.29 is 0 Å². The first-order valence-corrected chi connectivity index (χ1v) is 6.17. The fourth-order valence-corrected chi connectivity index (χ4v) is 1.69. The summed E-state index contributed by atoms with van der Waals surface area (Å²) in [5.74, 6) is 0. The van der Waals surface area contributed by atoms with Crippen LogP contribution in [0.2, 0.25) is 0 Å². The van der Waals surface area contributed by atoms with Gasteiger partial charge >= 0.3 is 0 Å². The van der Waals surface area contributed by atoms with Gasteiger partial charge in [-0.25, -0.2) is 0 Å². The van der Waals surface area contributed by atoms with Crippen LogP contribution >= 0.6 is 0 Å². The molecular formula is C16H18N2. The third-order valence-corrected chi connectivity index (χ3v) is 2.85. The highest BCUT2D eigenvalue weighted by atomic mass is 14.9. The molecule has 2 aromatic carbocycles. The van der Waals surface area contributed by atoms with Gasteiger partial charge in [-0.2, -0.15) is 0 Å². The molecule has 0 saturated carbocycles. The van der Waals surface area contributed by atoms with Gasteiger partial charge in [-0.1, -0.05) is 36.4 Å². The highest BCUT2D eigenvalue weighted by Gasteiger charge is 2.05. The molecule has 0 radical (unpaired) electrons. The van der Waals surface area contributed by atoms with Gasteiger partial charge in [0.25, 0.3) is 0 Å². The molecule has 2 rings (SSSR count). The van der Waals surface area contributed by atoms with Crippen LogP contribution in [-0.2, 0) is 0 Å². The summed E-state index contributed by atoms with van der Waals surface area (Å²) >= 11 is 0. The molecule has 1 N–H and O–H groups in total. The van der Waals surface area contributed by atoms with Gasteiger partial charge in [0.15, 0.2) is 0 Å². The molecule has 1 unspecified atom stereocenters. The normalized spacial score (nSPS) is 13.1. The smallest absolute Gasteiger partial charge is 0.0629 e. The average Bonchev–Trinajstić information content (AvgIpc) is 2.41. The third kappa shape index (κ3) is 3.45. The molecule has 0 bridgehead atoms. The Morgan fingerprint density at radius 1 is 0.944 bits per heavy atom. The van der Waals surface area contributed by atoms with E-state index in [1.54, 1.807) is 0 Å². The maximum atomic E-state index is 4.61. The van der Waals surface area contributed by atoms with E-state index in [0.717, 1.165) is 17.1 Å². The van der Waals surface area contributed by atoms with Crippen LogP contribution in [-0.4, -0.2) is 11.8 Å². The highest BCUT2D eigenvalue weighted by molar-refractivity contribution is 5.91. The van der Waals surface area contributed by atoms with Crippen molar-refractivity contribution in [1.29, 1.82) is 0 Å². The van der Waals surface area contributed by atoms with Crippen molar-refractivity contribution >= 4 is 17.1 Å². The van der Waals surface area contributed by atoms with Gasteiger partial charge in [-0.15, -0.1) is 0 Å². The molecular weight excluding hydrogens is 220 g/mol. The standard InChI is InChI=1S/C16H18N2/c1-13(17-15-9-5-3-6-10-15)14(2)18-16-11-7-4-8-12-16/h3-13,17H,1-2H3. The summed E-state index contributed by atoms with van der Waals surface area (Å²) in [4.78, 5) is 4.61. The Morgan fingerprint density at radius 2 is 1.50 bits per heavy atom. The molecule has 0 aliphatic rings. The number of para-hydroxylation sites is 2. The summed E-state index contributed by atoms with van der Waals surface area (Å²) in [6, 6.07) is 20.4. The number of rotatable bonds is 4. The summed E-state index contributed by atoms with van der Waals surface area (Å²) in [5.41, 5.74) is 3.19. The molecule has 0 fully saturated rings. The number of aliphatic imine (C=N–C) groups is 1. The van der Waals surface area contributed by atoms with Crippen molar-refractivity contribution in [1.82, 2.24) is 0 Å². The first-order valence-electron chi connectivity index (χ1n) is 6.17. The Morgan fingerprint density at radius 3 is 2.11 bits per heavy atom. The van der Waals surface area contributed by atoms with Gasteiger partial charge in [0.05, 0.1) is 11.7 Å². The van der Waals surface area contributed by atoms with Gasteiger partial charge < -0.3 is 5.32 Å². The minimum atomic E-state index is 0.215. The van der Waals surface area contributed by atoms with Crippen molar-refractivity contribution in [3.8, 4) is 0 Å². The van der Waals surface area contributed by atoms with Crippen molar-refractivity contribution in [2.24, 2.45) is 4.99 Å². The van der Waals surface area contributed by atoms with Gasteiger partial charge in [-0.05, 0) is 38.1 Å². The average molecular weight is 238 g/mol. The molecule has 18 heavy (non-hydrogen) atoms. The van der Waals surface area contributed by atoms with E-state index < -0.39 is 0 Å². The summed E-state index contributed by atoms with van der Waals surface area (Å²) < 4.78 is 0. The quantitative estimate of drug-likeness (QED) is 0.790. The third-order valence-electron chi connectivity index (χ3n) is 2.85. The Balaban J connectivity index is 2.05. The lowest BCUT2D eigenvalue weighted by atomic mass is 10.2. The van der Waals surface area contributed by atoms with E-state index in [1.165, 1.54) is 0 Å². The minimum Gasteiger partial charge on any atom is -0.377 e. The van der Waals surface area contributed by atoms with Gasteiger partial charge in [0.1, 0.15) is 0 Å². The molecule has 2 nitrogen and oxygen atoms in total. The molecule has 0 amide bonds. The van der Waals surface area contributed by atoms with Crippen LogP contribution in [0.15, 0.2) is 65.7 Å². The minimum absolute atomic E-state index is 0.215. The predicted octanol–water partition coefficient (Wildman–Crippen LogP) is 4.28. The van der Waals surface area contributed by atoms with E-state index in [9.17, 15) is 0 Å². The first-order chi connectivity index (χ1) is 8.75. The van der Waals surface area contributed by atoms with E-state index >= 15 is 0 Å². The summed E-state index contributed by atoms with van der Waals surface area (Å²) in [6.45, 7) is 4.17. The second kappa shape index (κ2) is 6.01. The zero-order valence-electron chi connectivity index (χ0n) is 10.8. The van der Waals surface area contributed by atoms with Crippen LogP contribution in [0.5, 0.6) is 0 Å². The highest BCUT2D eigenvalue weighted by Crippen LogP contribution is 2.13. The molecule has 0 spiro atoms. The predicted molar refractivity (Wildman–Crippen MR) is 78.7 cm³/mol.